The van der Waals surface area contributed by atoms with Crippen LogP contribution in [0.3, 0.4) is 0 Å². The molecule has 116 valence electrons. The van der Waals surface area contributed by atoms with E-state index in [0.717, 1.165) is 30.7 Å². The molecule has 1 aromatic rings. The molecule has 0 bridgehead atoms. The summed E-state index contributed by atoms with van der Waals surface area (Å²) < 4.78 is 13.4. The van der Waals surface area contributed by atoms with Crippen LogP contribution in [0, 0.1) is 5.82 Å². The summed E-state index contributed by atoms with van der Waals surface area (Å²) in [4.78, 5) is 14.3. The maximum Gasteiger partial charge on any atom is 0.223 e. The molecule has 1 N–H and O–H groups in total. The van der Waals surface area contributed by atoms with E-state index in [0.29, 0.717) is 19.5 Å². The molecule has 0 radical (unpaired) electrons. The second-order valence-electron chi connectivity index (χ2n) is 5.31. The normalized spacial score (nSPS) is 18.8. The van der Waals surface area contributed by atoms with Crippen LogP contribution < -0.4 is 5.32 Å². The van der Waals surface area contributed by atoms with E-state index in [-0.39, 0.29) is 17.8 Å². The largest absolute Gasteiger partial charge is 0.333 e. The van der Waals surface area contributed by atoms with Crippen molar-refractivity contribution in [1.29, 1.82) is 0 Å². The summed E-state index contributed by atoms with van der Waals surface area (Å²) >= 11 is 1.81. The first kappa shape index (κ1) is 16.3. The fourth-order valence-corrected chi connectivity index (χ4v) is 3.17. The first-order chi connectivity index (χ1) is 10.2. The first-order valence-corrected chi connectivity index (χ1v) is 8.86. The van der Waals surface area contributed by atoms with Gasteiger partial charge >= 0.3 is 0 Å². The molecule has 0 aliphatic carbocycles. The molecular formula is C16H23FN2OS. The van der Waals surface area contributed by atoms with Gasteiger partial charge in [0.15, 0.2) is 0 Å². The standard InChI is InChI=1S/C16H23FN2OS/c1-21-10-3-2-7-16(20)19-9-8-18-12-15(19)13-5-4-6-14(17)11-13/h4-6,11,15,18H,2-3,7-10,12H2,1H3. The molecule has 1 unspecified atom stereocenters. The first-order valence-electron chi connectivity index (χ1n) is 7.47. The Labute approximate surface area is 130 Å². The second kappa shape index (κ2) is 8.39. The molecule has 0 spiro atoms. The molecule has 0 aromatic heterocycles. The van der Waals surface area contributed by atoms with Crippen molar-refractivity contribution in [3.63, 3.8) is 0 Å². The molecule has 1 amide bonds. The summed E-state index contributed by atoms with van der Waals surface area (Å²) in [7, 11) is 0. The third-order valence-electron chi connectivity index (χ3n) is 3.79. The lowest BCUT2D eigenvalue weighted by atomic mass is 10.0. The average molecular weight is 310 g/mol. The molecule has 1 aliphatic heterocycles. The van der Waals surface area contributed by atoms with Gasteiger partial charge in [0.05, 0.1) is 6.04 Å². The fourth-order valence-electron chi connectivity index (χ4n) is 2.68. The van der Waals surface area contributed by atoms with Gasteiger partial charge in [0, 0.05) is 26.1 Å². The van der Waals surface area contributed by atoms with E-state index in [9.17, 15) is 9.18 Å². The molecule has 21 heavy (non-hydrogen) atoms. The Bertz CT molecular complexity index is 469. The van der Waals surface area contributed by atoms with E-state index < -0.39 is 0 Å². The van der Waals surface area contributed by atoms with Gasteiger partial charge in [-0.15, -0.1) is 0 Å². The second-order valence-corrected chi connectivity index (χ2v) is 6.30. The molecule has 1 aromatic carbocycles. The van der Waals surface area contributed by atoms with Gasteiger partial charge in [-0.25, -0.2) is 4.39 Å². The average Bonchev–Trinajstić information content (AvgIpc) is 2.51. The van der Waals surface area contributed by atoms with Crippen LogP contribution in [0.25, 0.3) is 0 Å². The Morgan fingerprint density at radius 3 is 3.10 bits per heavy atom. The Morgan fingerprint density at radius 1 is 1.48 bits per heavy atom. The summed E-state index contributed by atoms with van der Waals surface area (Å²) in [6, 6.07) is 6.53. The van der Waals surface area contributed by atoms with Crippen molar-refractivity contribution in [3.8, 4) is 0 Å². The maximum absolute atomic E-state index is 13.4. The number of carbonyl (C=O) groups excluding carboxylic acids is 1. The van der Waals surface area contributed by atoms with Crippen molar-refractivity contribution in [3.05, 3.63) is 35.6 Å². The lowest BCUT2D eigenvalue weighted by Crippen LogP contribution is -2.48. The minimum Gasteiger partial charge on any atom is -0.333 e. The SMILES string of the molecule is CSCCCCC(=O)N1CCNCC1c1cccc(F)c1. The van der Waals surface area contributed by atoms with Crippen LogP contribution in [0.1, 0.15) is 30.9 Å². The Balaban J connectivity index is 2.00. The van der Waals surface area contributed by atoms with Crippen molar-refractivity contribution in [2.45, 2.75) is 25.3 Å². The number of carbonyl (C=O) groups is 1. The smallest absolute Gasteiger partial charge is 0.223 e. The molecular weight excluding hydrogens is 287 g/mol. The number of amides is 1. The topological polar surface area (TPSA) is 32.3 Å². The number of hydrogen-bond acceptors (Lipinski definition) is 3. The number of halogens is 1. The van der Waals surface area contributed by atoms with Crippen molar-refractivity contribution < 1.29 is 9.18 Å². The minimum atomic E-state index is -0.245. The van der Waals surface area contributed by atoms with E-state index in [1.807, 2.05) is 22.7 Å². The molecule has 0 saturated carbocycles. The molecule has 3 nitrogen and oxygen atoms in total. The number of benzene rings is 1. The summed E-state index contributed by atoms with van der Waals surface area (Å²) in [6.07, 6.45) is 4.67. The third kappa shape index (κ3) is 4.71. The zero-order chi connectivity index (χ0) is 15.1. The summed E-state index contributed by atoms with van der Waals surface area (Å²) in [6.45, 7) is 2.20. The van der Waals surface area contributed by atoms with E-state index >= 15 is 0 Å². The Hall–Kier alpha value is -1.07. The number of thioether (sulfide) groups is 1. The number of unbranched alkanes of at least 4 members (excludes halogenated alkanes) is 1. The van der Waals surface area contributed by atoms with E-state index in [1.165, 1.54) is 12.1 Å². The van der Waals surface area contributed by atoms with Gasteiger partial charge in [-0.3, -0.25) is 4.79 Å². The third-order valence-corrected chi connectivity index (χ3v) is 4.48. The Kier molecular flexibility index (Phi) is 6.51. The highest BCUT2D eigenvalue weighted by Gasteiger charge is 2.27. The molecule has 1 saturated heterocycles. The monoisotopic (exact) mass is 310 g/mol. The molecule has 1 atom stereocenters. The number of nitrogens with zero attached hydrogens (tertiary/aromatic N) is 1. The maximum atomic E-state index is 13.4. The fraction of sp³-hybridized carbons (Fsp3) is 0.562. The number of piperazine rings is 1. The van der Waals surface area contributed by atoms with Gasteiger partial charge in [0.2, 0.25) is 5.91 Å². The van der Waals surface area contributed by atoms with E-state index in [2.05, 4.69) is 11.6 Å². The Morgan fingerprint density at radius 2 is 2.33 bits per heavy atom. The van der Waals surface area contributed by atoms with Gasteiger partial charge in [-0.2, -0.15) is 11.8 Å². The van der Waals surface area contributed by atoms with Crippen LogP contribution in [0.15, 0.2) is 24.3 Å². The molecule has 1 aliphatic rings. The van der Waals surface area contributed by atoms with Crippen LogP contribution in [0.5, 0.6) is 0 Å². The minimum absolute atomic E-state index is 0.0532. The molecule has 5 heteroatoms. The van der Waals surface area contributed by atoms with Gasteiger partial charge in [0.25, 0.3) is 0 Å². The molecule has 1 fully saturated rings. The van der Waals surface area contributed by atoms with E-state index in [4.69, 9.17) is 0 Å². The zero-order valence-corrected chi connectivity index (χ0v) is 13.3. The van der Waals surface area contributed by atoms with Crippen LogP contribution >= 0.6 is 11.8 Å². The lowest BCUT2D eigenvalue weighted by Gasteiger charge is -2.36. The highest BCUT2D eigenvalue weighted by atomic mass is 32.2. The van der Waals surface area contributed by atoms with Gasteiger partial charge in [-0.05, 0) is 42.5 Å². The summed E-state index contributed by atoms with van der Waals surface area (Å²) in [5.41, 5.74) is 0.875. The molecule has 2 rings (SSSR count). The van der Waals surface area contributed by atoms with Crippen LogP contribution in [0.4, 0.5) is 4.39 Å². The quantitative estimate of drug-likeness (QED) is 0.820. The predicted molar refractivity (Wildman–Crippen MR) is 86.0 cm³/mol. The van der Waals surface area contributed by atoms with Crippen molar-refractivity contribution >= 4 is 17.7 Å². The van der Waals surface area contributed by atoms with Gasteiger partial charge < -0.3 is 10.2 Å². The highest BCUT2D eigenvalue weighted by molar-refractivity contribution is 7.98. The zero-order valence-electron chi connectivity index (χ0n) is 12.5. The van der Waals surface area contributed by atoms with Crippen molar-refractivity contribution in [2.75, 3.05) is 31.6 Å². The summed E-state index contributed by atoms with van der Waals surface area (Å²) in [5, 5.41) is 3.29. The van der Waals surface area contributed by atoms with Crippen LogP contribution in [-0.2, 0) is 4.79 Å². The van der Waals surface area contributed by atoms with Gasteiger partial charge in [-0.1, -0.05) is 12.1 Å². The summed E-state index contributed by atoms with van der Waals surface area (Å²) in [5.74, 6) is 1.04. The molecule has 1 heterocycles. The van der Waals surface area contributed by atoms with Gasteiger partial charge in [0.1, 0.15) is 5.82 Å². The lowest BCUT2D eigenvalue weighted by molar-refractivity contribution is -0.134. The van der Waals surface area contributed by atoms with E-state index in [1.54, 1.807) is 6.07 Å². The van der Waals surface area contributed by atoms with Crippen molar-refractivity contribution in [2.24, 2.45) is 0 Å². The van der Waals surface area contributed by atoms with Crippen LogP contribution in [0.2, 0.25) is 0 Å². The number of nitrogens with one attached hydrogen (secondary N) is 1. The number of rotatable bonds is 6. The predicted octanol–water partition coefficient (Wildman–Crippen LogP) is 2.83. The number of hydrogen-bond donors (Lipinski definition) is 1. The van der Waals surface area contributed by atoms with Crippen molar-refractivity contribution in [1.82, 2.24) is 10.2 Å². The van der Waals surface area contributed by atoms with Crippen LogP contribution in [-0.4, -0.2) is 42.4 Å². The highest BCUT2D eigenvalue weighted by Crippen LogP contribution is 2.24.